The second-order valence-electron chi connectivity index (χ2n) is 5.35. The minimum Gasteiger partial charge on any atom is -0.508 e. The Morgan fingerprint density at radius 1 is 1.12 bits per heavy atom. The molecule has 6 nitrogen and oxygen atoms in total. The molecule has 2 aromatic carbocycles. The molecule has 0 bridgehead atoms. The van der Waals surface area contributed by atoms with Gasteiger partial charge in [0.05, 0.1) is 23.1 Å². The number of phenols is 1. The molecule has 0 saturated carbocycles. The number of ether oxygens (including phenoxy) is 1. The number of carbonyl (C=O) groups is 1. The van der Waals surface area contributed by atoms with E-state index in [1.807, 2.05) is 6.92 Å². The molecule has 3 aromatic rings. The van der Waals surface area contributed by atoms with Gasteiger partial charge in [0.25, 0.3) is 10.0 Å². The van der Waals surface area contributed by atoms with Crippen molar-refractivity contribution < 1.29 is 23.1 Å². The van der Waals surface area contributed by atoms with Crippen LogP contribution in [0.25, 0.3) is 10.9 Å². The molecule has 0 radical (unpaired) electrons. The molecule has 3 rings (SSSR count). The molecule has 1 aromatic heterocycles. The van der Waals surface area contributed by atoms with Crippen LogP contribution in [0.3, 0.4) is 0 Å². The fraction of sp³-hybridized carbons (Fsp3) is 0.118. The molecular formula is C17H15NO5S. The highest BCUT2D eigenvalue weighted by Gasteiger charge is 2.24. The van der Waals surface area contributed by atoms with Crippen molar-refractivity contribution in [3.63, 3.8) is 0 Å². The van der Waals surface area contributed by atoms with Crippen LogP contribution >= 0.6 is 0 Å². The first kappa shape index (κ1) is 16.1. The maximum atomic E-state index is 12.9. The number of hydrogen-bond donors (Lipinski definition) is 1. The van der Waals surface area contributed by atoms with Crippen molar-refractivity contribution >= 4 is 26.9 Å². The van der Waals surface area contributed by atoms with Gasteiger partial charge in [-0.2, -0.15) is 0 Å². The predicted octanol–water partition coefficient (Wildman–Crippen LogP) is 2.68. The first-order valence-electron chi connectivity index (χ1n) is 7.09. The van der Waals surface area contributed by atoms with Crippen molar-refractivity contribution in [2.24, 2.45) is 0 Å². The van der Waals surface area contributed by atoms with Gasteiger partial charge in [-0.25, -0.2) is 17.2 Å². The highest BCUT2D eigenvalue weighted by Crippen LogP contribution is 2.29. The van der Waals surface area contributed by atoms with Crippen LogP contribution in [0.1, 0.15) is 15.9 Å². The Hall–Kier alpha value is -2.80. The summed E-state index contributed by atoms with van der Waals surface area (Å²) in [5.41, 5.74) is 1.29. The van der Waals surface area contributed by atoms with E-state index in [-0.39, 0.29) is 21.7 Å². The number of esters is 1. The van der Waals surface area contributed by atoms with Crippen LogP contribution in [0.2, 0.25) is 0 Å². The van der Waals surface area contributed by atoms with Crippen molar-refractivity contribution in [1.82, 2.24) is 3.97 Å². The van der Waals surface area contributed by atoms with Gasteiger partial charge in [-0.05, 0) is 37.3 Å². The predicted molar refractivity (Wildman–Crippen MR) is 88.7 cm³/mol. The van der Waals surface area contributed by atoms with Crippen LogP contribution < -0.4 is 0 Å². The molecule has 0 atom stereocenters. The fourth-order valence-corrected chi connectivity index (χ4v) is 3.85. The van der Waals surface area contributed by atoms with Crippen LogP contribution in [-0.2, 0) is 14.8 Å². The van der Waals surface area contributed by atoms with Gasteiger partial charge in [-0.1, -0.05) is 17.7 Å². The number of aromatic nitrogens is 1. The Labute approximate surface area is 139 Å². The van der Waals surface area contributed by atoms with Gasteiger partial charge in [0.1, 0.15) is 5.75 Å². The number of fused-ring (bicyclic) bond motifs is 1. The van der Waals surface area contributed by atoms with Gasteiger partial charge in [0, 0.05) is 11.6 Å². The highest BCUT2D eigenvalue weighted by atomic mass is 32.2. The van der Waals surface area contributed by atoms with E-state index in [9.17, 15) is 18.3 Å². The number of methoxy groups -OCH3 is 1. The van der Waals surface area contributed by atoms with Gasteiger partial charge in [0.15, 0.2) is 0 Å². The minimum absolute atomic E-state index is 0.0686. The number of rotatable bonds is 3. The normalized spacial score (nSPS) is 11.6. The van der Waals surface area contributed by atoms with Crippen LogP contribution in [0.5, 0.6) is 5.75 Å². The molecule has 0 saturated heterocycles. The third-order valence-corrected chi connectivity index (χ3v) is 5.43. The Morgan fingerprint density at radius 3 is 2.42 bits per heavy atom. The molecule has 0 fully saturated rings. The number of carbonyl (C=O) groups excluding carboxylic acids is 1. The molecule has 0 aliphatic rings. The topological polar surface area (TPSA) is 85.6 Å². The number of hydrogen-bond acceptors (Lipinski definition) is 5. The van der Waals surface area contributed by atoms with E-state index in [2.05, 4.69) is 0 Å². The summed E-state index contributed by atoms with van der Waals surface area (Å²) in [6.07, 6.45) is 1.21. The summed E-state index contributed by atoms with van der Waals surface area (Å²) in [6.45, 7) is 1.86. The lowest BCUT2D eigenvalue weighted by Gasteiger charge is -2.08. The Morgan fingerprint density at radius 2 is 1.79 bits per heavy atom. The second kappa shape index (κ2) is 5.68. The molecule has 24 heavy (non-hydrogen) atoms. The average Bonchev–Trinajstić information content (AvgIpc) is 2.94. The van der Waals surface area contributed by atoms with Crippen molar-refractivity contribution in [3.05, 3.63) is 59.8 Å². The van der Waals surface area contributed by atoms with Crippen LogP contribution in [0.4, 0.5) is 0 Å². The molecule has 0 aliphatic carbocycles. The summed E-state index contributed by atoms with van der Waals surface area (Å²) in [5, 5.41) is 9.96. The van der Waals surface area contributed by atoms with E-state index in [0.29, 0.717) is 5.39 Å². The van der Waals surface area contributed by atoms with Crippen LogP contribution in [0.15, 0.2) is 53.6 Å². The molecule has 7 heteroatoms. The van der Waals surface area contributed by atoms with E-state index in [1.54, 1.807) is 12.1 Å². The summed E-state index contributed by atoms with van der Waals surface area (Å²) in [7, 11) is -2.68. The highest BCUT2D eigenvalue weighted by molar-refractivity contribution is 7.90. The molecule has 0 unspecified atom stereocenters. The lowest BCUT2D eigenvalue weighted by Crippen LogP contribution is -2.12. The summed E-state index contributed by atoms with van der Waals surface area (Å²) in [5.74, 6) is -0.749. The third kappa shape index (κ3) is 2.52. The number of nitrogens with zero attached hydrogens (tertiary/aromatic N) is 1. The van der Waals surface area contributed by atoms with Gasteiger partial charge in [-0.3, -0.25) is 0 Å². The number of aryl methyl sites for hydroxylation is 1. The monoisotopic (exact) mass is 345 g/mol. The van der Waals surface area contributed by atoms with Gasteiger partial charge >= 0.3 is 5.97 Å². The largest absolute Gasteiger partial charge is 0.508 e. The molecule has 124 valence electrons. The zero-order chi connectivity index (χ0) is 17.5. The molecule has 0 aliphatic heterocycles. The van der Waals surface area contributed by atoms with Crippen molar-refractivity contribution in [2.75, 3.05) is 7.11 Å². The first-order valence-corrected chi connectivity index (χ1v) is 8.53. The number of phenolic OH excluding ortho intramolecular Hbond substituents is 1. The summed E-state index contributed by atoms with van der Waals surface area (Å²) >= 11 is 0. The fourth-order valence-electron chi connectivity index (χ4n) is 2.48. The summed E-state index contributed by atoms with van der Waals surface area (Å²) in [4.78, 5) is 12.1. The second-order valence-corrected chi connectivity index (χ2v) is 7.16. The van der Waals surface area contributed by atoms with E-state index in [4.69, 9.17) is 4.74 Å². The molecule has 0 amide bonds. The van der Waals surface area contributed by atoms with E-state index < -0.39 is 16.0 Å². The molecule has 1 heterocycles. The third-order valence-electron chi connectivity index (χ3n) is 3.74. The minimum atomic E-state index is -3.89. The first-order chi connectivity index (χ1) is 11.3. The zero-order valence-electron chi connectivity index (χ0n) is 13.1. The molecule has 0 spiro atoms. The smallest absolute Gasteiger partial charge is 0.340 e. The number of aromatic hydroxyl groups is 1. The van der Waals surface area contributed by atoms with Crippen molar-refractivity contribution in [2.45, 2.75) is 11.8 Å². The molecule has 1 N–H and O–H groups in total. The van der Waals surface area contributed by atoms with Gasteiger partial charge in [-0.15, -0.1) is 0 Å². The van der Waals surface area contributed by atoms with Gasteiger partial charge < -0.3 is 9.84 Å². The van der Waals surface area contributed by atoms with E-state index in [0.717, 1.165) is 9.54 Å². The Bertz CT molecular complexity index is 1030. The number of benzene rings is 2. The van der Waals surface area contributed by atoms with E-state index in [1.165, 1.54) is 43.6 Å². The SMILES string of the molecule is COC(=O)c1cn(S(=O)(=O)c2ccc(C)cc2)c2ccc(O)cc12. The Balaban J connectivity index is 2.30. The zero-order valence-corrected chi connectivity index (χ0v) is 13.9. The lowest BCUT2D eigenvalue weighted by atomic mass is 10.2. The van der Waals surface area contributed by atoms with Crippen LogP contribution in [-0.4, -0.2) is 30.6 Å². The quantitative estimate of drug-likeness (QED) is 0.738. The summed E-state index contributed by atoms with van der Waals surface area (Å²) < 4.78 is 31.6. The van der Waals surface area contributed by atoms with E-state index >= 15 is 0 Å². The Kier molecular flexibility index (Phi) is 3.81. The van der Waals surface area contributed by atoms with Crippen LogP contribution in [0, 0.1) is 6.92 Å². The maximum absolute atomic E-state index is 12.9. The van der Waals surface area contributed by atoms with Crippen molar-refractivity contribution in [1.29, 1.82) is 0 Å². The van der Waals surface area contributed by atoms with Gasteiger partial charge in [0.2, 0.25) is 0 Å². The average molecular weight is 345 g/mol. The lowest BCUT2D eigenvalue weighted by molar-refractivity contribution is 0.0603. The molecular weight excluding hydrogens is 330 g/mol. The standard InChI is InChI=1S/C17H15NO5S/c1-11-3-6-13(7-4-11)24(21,22)18-10-15(17(20)23-2)14-9-12(19)5-8-16(14)18/h3-10,19H,1-2H3. The summed E-state index contributed by atoms with van der Waals surface area (Å²) in [6, 6.07) is 10.6. The van der Waals surface area contributed by atoms with Crippen molar-refractivity contribution in [3.8, 4) is 5.75 Å². The maximum Gasteiger partial charge on any atom is 0.340 e.